The maximum Gasteiger partial charge on any atom is 0.134 e. The van der Waals surface area contributed by atoms with Gasteiger partial charge in [-0.15, -0.1) is 0 Å². The number of phenols is 1. The Labute approximate surface area is 128 Å². The molecule has 6 heteroatoms. The van der Waals surface area contributed by atoms with E-state index in [1.165, 1.54) is 0 Å². The lowest BCUT2D eigenvalue weighted by Gasteiger charge is -2.36. The van der Waals surface area contributed by atoms with Crippen LogP contribution in [-0.2, 0) is 0 Å². The number of benzene rings is 1. The number of aromatic hydroxyl groups is 1. The second-order valence-electron chi connectivity index (χ2n) is 5.09. The molecule has 0 saturated carbocycles. The van der Waals surface area contributed by atoms with Gasteiger partial charge >= 0.3 is 0 Å². The van der Waals surface area contributed by atoms with E-state index in [1.807, 2.05) is 25.1 Å². The molecule has 1 aliphatic heterocycles. The van der Waals surface area contributed by atoms with Crippen LogP contribution in [0.5, 0.6) is 5.75 Å². The van der Waals surface area contributed by atoms with E-state index in [2.05, 4.69) is 19.8 Å². The molecular formula is C15H17ClN4O. The standard InChI is InChI=1S/C15H17ClN4O/c1-11-17-14(16)10-15(18-11)20-8-6-19(7-9-20)12-2-4-13(21)5-3-12/h2-5,10,21H,6-9H2,1H3. The second-order valence-corrected chi connectivity index (χ2v) is 5.47. The Morgan fingerprint density at radius 2 is 1.62 bits per heavy atom. The average Bonchev–Trinajstić information content (AvgIpc) is 2.47. The lowest BCUT2D eigenvalue weighted by atomic mass is 10.2. The molecule has 1 saturated heterocycles. The summed E-state index contributed by atoms with van der Waals surface area (Å²) in [5, 5.41) is 9.83. The fourth-order valence-electron chi connectivity index (χ4n) is 2.54. The van der Waals surface area contributed by atoms with Crippen molar-refractivity contribution >= 4 is 23.1 Å². The van der Waals surface area contributed by atoms with Gasteiger partial charge in [-0.05, 0) is 31.2 Å². The Hall–Kier alpha value is -2.01. The largest absolute Gasteiger partial charge is 0.508 e. The normalized spacial score (nSPS) is 15.3. The van der Waals surface area contributed by atoms with Gasteiger partial charge in [0.15, 0.2) is 0 Å². The second kappa shape index (κ2) is 5.77. The van der Waals surface area contributed by atoms with E-state index in [9.17, 15) is 5.11 Å². The van der Waals surface area contributed by atoms with Crippen molar-refractivity contribution in [1.82, 2.24) is 9.97 Å². The van der Waals surface area contributed by atoms with E-state index in [-0.39, 0.29) is 0 Å². The summed E-state index contributed by atoms with van der Waals surface area (Å²) in [4.78, 5) is 13.1. The quantitative estimate of drug-likeness (QED) is 0.864. The number of phenolic OH excluding ortho intramolecular Hbond substituents is 1. The summed E-state index contributed by atoms with van der Waals surface area (Å²) in [5.74, 6) is 1.87. The van der Waals surface area contributed by atoms with Gasteiger partial charge < -0.3 is 14.9 Å². The van der Waals surface area contributed by atoms with E-state index < -0.39 is 0 Å². The Morgan fingerprint density at radius 1 is 1.00 bits per heavy atom. The van der Waals surface area contributed by atoms with Crippen molar-refractivity contribution in [3.05, 3.63) is 41.3 Å². The predicted molar refractivity (Wildman–Crippen MR) is 84.3 cm³/mol. The van der Waals surface area contributed by atoms with Crippen LogP contribution in [0, 0.1) is 6.92 Å². The van der Waals surface area contributed by atoms with Crippen LogP contribution in [0.25, 0.3) is 0 Å². The number of halogens is 1. The molecule has 1 aliphatic rings. The molecule has 0 atom stereocenters. The van der Waals surface area contributed by atoms with E-state index in [0.29, 0.717) is 16.7 Å². The molecule has 5 nitrogen and oxygen atoms in total. The summed E-state index contributed by atoms with van der Waals surface area (Å²) >= 11 is 6.00. The van der Waals surface area contributed by atoms with E-state index in [0.717, 1.165) is 37.7 Å². The number of nitrogens with zero attached hydrogens (tertiary/aromatic N) is 4. The smallest absolute Gasteiger partial charge is 0.134 e. The van der Waals surface area contributed by atoms with E-state index in [1.54, 1.807) is 12.1 Å². The van der Waals surface area contributed by atoms with Crippen molar-refractivity contribution in [3.8, 4) is 5.75 Å². The van der Waals surface area contributed by atoms with Gasteiger partial charge in [-0.25, -0.2) is 9.97 Å². The van der Waals surface area contributed by atoms with Crippen molar-refractivity contribution in [2.45, 2.75) is 6.92 Å². The first kappa shape index (κ1) is 13.9. The SMILES string of the molecule is Cc1nc(Cl)cc(N2CCN(c3ccc(O)cc3)CC2)n1. The van der Waals surface area contributed by atoms with Crippen molar-refractivity contribution < 1.29 is 5.11 Å². The summed E-state index contributed by atoms with van der Waals surface area (Å²) in [5.41, 5.74) is 1.13. The molecule has 0 spiro atoms. The van der Waals surface area contributed by atoms with Crippen molar-refractivity contribution in [2.75, 3.05) is 36.0 Å². The van der Waals surface area contributed by atoms with Crippen LogP contribution in [0.15, 0.2) is 30.3 Å². The fourth-order valence-corrected chi connectivity index (χ4v) is 2.76. The number of hydrogen-bond donors (Lipinski definition) is 1. The molecule has 1 N–H and O–H groups in total. The number of hydrogen-bond acceptors (Lipinski definition) is 5. The van der Waals surface area contributed by atoms with E-state index >= 15 is 0 Å². The summed E-state index contributed by atoms with van der Waals surface area (Å²) in [6.07, 6.45) is 0. The zero-order chi connectivity index (χ0) is 14.8. The van der Waals surface area contributed by atoms with Gasteiger partial charge in [0.1, 0.15) is 22.5 Å². The van der Waals surface area contributed by atoms with Gasteiger partial charge in [0.05, 0.1) is 0 Å². The molecule has 0 unspecified atom stereocenters. The molecule has 0 aliphatic carbocycles. The fraction of sp³-hybridized carbons (Fsp3) is 0.333. The first-order chi connectivity index (χ1) is 10.1. The van der Waals surface area contributed by atoms with Gasteiger partial charge in [-0.1, -0.05) is 11.6 Å². The molecule has 2 heterocycles. The first-order valence-corrected chi connectivity index (χ1v) is 7.30. The molecular weight excluding hydrogens is 288 g/mol. The Kier molecular flexibility index (Phi) is 3.84. The lowest BCUT2D eigenvalue weighted by Crippen LogP contribution is -2.46. The highest BCUT2D eigenvalue weighted by Crippen LogP contribution is 2.22. The van der Waals surface area contributed by atoms with Gasteiger partial charge in [0.2, 0.25) is 0 Å². The van der Waals surface area contributed by atoms with Crippen LogP contribution >= 0.6 is 11.6 Å². The topological polar surface area (TPSA) is 52.5 Å². The van der Waals surface area contributed by atoms with Crippen LogP contribution in [0.2, 0.25) is 5.15 Å². The molecule has 3 rings (SSSR count). The molecule has 0 radical (unpaired) electrons. The highest BCUT2D eigenvalue weighted by molar-refractivity contribution is 6.29. The highest BCUT2D eigenvalue weighted by atomic mass is 35.5. The van der Waals surface area contributed by atoms with Crippen molar-refractivity contribution in [1.29, 1.82) is 0 Å². The maximum atomic E-state index is 9.34. The zero-order valence-electron chi connectivity index (χ0n) is 11.8. The molecule has 110 valence electrons. The Morgan fingerprint density at radius 3 is 2.24 bits per heavy atom. The highest BCUT2D eigenvalue weighted by Gasteiger charge is 2.19. The third-order valence-electron chi connectivity index (χ3n) is 3.61. The third kappa shape index (κ3) is 3.19. The molecule has 2 aromatic rings. The minimum atomic E-state index is 0.295. The van der Waals surface area contributed by atoms with E-state index in [4.69, 9.17) is 11.6 Å². The Balaban J connectivity index is 1.68. The first-order valence-electron chi connectivity index (χ1n) is 6.92. The molecule has 1 fully saturated rings. The summed E-state index contributed by atoms with van der Waals surface area (Å²) < 4.78 is 0. The number of piperazine rings is 1. The molecule has 0 bridgehead atoms. The predicted octanol–water partition coefficient (Wildman–Crippen LogP) is 2.47. The molecule has 1 aromatic heterocycles. The van der Waals surface area contributed by atoms with Gasteiger partial charge in [-0.3, -0.25) is 0 Å². The Bertz CT molecular complexity index is 604. The number of aromatic nitrogens is 2. The number of aryl methyl sites for hydroxylation is 1. The maximum absolute atomic E-state index is 9.34. The van der Waals surface area contributed by atoms with Gasteiger partial charge in [0.25, 0.3) is 0 Å². The van der Waals surface area contributed by atoms with Crippen LogP contribution in [-0.4, -0.2) is 41.3 Å². The number of anilines is 2. The van der Waals surface area contributed by atoms with Crippen LogP contribution in [0.3, 0.4) is 0 Å². The molecule has 21 heavy (non-hydrogen) atoms. The third-order valence-corrected chi connectivity index (χ3v) is 3.81. The zero-order valence-corrected chi connectivity index (χ0v) is 12.6. The van der Waals surface area contributed by atoms with Gasteiger partial charge in [0, 0.05) is 37.9 Å². The van der Waals surface area contributed by atoms with Crippen LogP contribution < -0.4 is 9.80 Å². The summed E-state index contributed by atoms with van der Waals surface area (Å²) in [6.45, 7) is 5.43. The van der Waals surface area contributed by atoms with Crippen molar-refractivity contribution in [2.24, 2.45) is 0 Å². The number of rotatable bonds is 2. The average molecular weight is 305 g/mol. The minimum Gasteiger partial charge on any atom is -0.508 e. The van der Waals surface area contributed by atoms with Crippen LogP contribution in [0.1, 0.15) is 5.82 Å². The minimum absolute atomic E-state index is 0.295. The summed E-state index contributed by atoms with van der Waals surface area (Å²) in [6, 6.07) is 9.13. The lowest BCUT2D eigenvalue weighted by molar-refractivity contribution is 0.475. The van der Waals surface area contributed by atoms with Crippen LogP contribution in [0.4, 0.5) is 11.5 Å². The van der Waals surface area contributed by atoms with Crippen molar-refractivity contribution in [3.63, 3.8) is 0 Å². The summed E-state index contributed by atoms with van der Waals surface area (Å²) in [7, 11) is 0. The monoisotopic (exact) mass is 304 g/mol. The molecule has 1 aromatic carbocycles. The van der Waals surface area contributed by atoms with Gasteiger partial charge in [-0.2, -0.15) is 0 Å². The molecule has 0 amide bonds.